The molecule has 0 saturated heterocycles. The quantitative estimate of drug-likeness (QED) is 0.237. The summed E-state index contributed by atoms with van der Waals surface area (Å²) >= 11 is 0. The number of hydrogen-bond donors (Lipinski definition) is 3. The molecule has 5 nitrogen and oxygen atoms in total. The summed E-state index contributed by atoms with van der Waals surface area (Å²) in [6.45, 7) is 4.09. The normalized spacial score (nSPS) is 19.8. The number of halogens is 1. The van der Waals surface area contributed by atoms with Crippen LogP contribution in [0.25, 0.3) is 0 Å². The van der Waals surface area contributed by atoms with Crippen LogP contribution in [-0.2, 0) is 4.79 Å². The lowest BCUT2D eigenvalue weighted by molar-refractivity contribution is -0.121. The molecule has 0 atom stereocenters. The third kappa shape index (κ3) is 7.27. The van der Waals surface area contributed by atoms with Crippen LogP contribution in [0, 0.1) is 5.41 Å². The maximum absolute atomic E-state index is 11.6. The summed E-state index contributed by atoms with van der Waals surface area (Å²) in [5, 5.41) is 9.81. The Hall–Kier alpha value is -0.530. The fourth-order valence-electron chi connectivity index (χ4n) is 3.26. The molecule has 2 fully saturated rings. The maximum atomic E-state index is 11.6. The second-order valence-electron chi connectivity index (χ2n) is 6.86. The summed E-state index contributed by atoms with van der Waals surface area (Å²) in [7, 11) is 1.81. The van der Waals surface area contributed by atoms with E-state index in [1.807, 2.05) is 7.05 Å². The Morgan fingerprint density at radius 2 is 1.91 bits per heavy atom. The molecule has 2 aliphatic rings. The predicted molar refractivity (Wildman–Crippen MR) is 106 cm³/mol. The first-order valence-electron chi connectivity index (χ1n) is 8.91. The second kappa shape index (κ2) is 10.4. The average molecular weight is 436 g/mol. The molecule has 0 radical (unpaired) electrons. The highest BCUT2D eigenvalue weighted by Gasteiger charge is 2.31. The fourth-order valence-corrected chi connectivity index (χ4v) is 3.26. The summed E-state index contributed by atoms with van der Waals surface area (Å²) in [5.74, 6) is 1.05. The van der Waals surface area contributed by atoms with Crippen molar-refractivity contribution >= 4 is 35.8 Å². The minimum Gasteiger partial charge on any atom is -0.356 e. The van der Waals surface area contributed by atoms with Crippen LogP contribution in [-0.4, -0.2) is 38.0 Å². The van der Waals surface area contributed by atoms with Gasteiger partial charge in [-0.3, -0.25) is 9.79 Å². The van der Waals surface area contributed by atoms with Gasteiger partial charge in [0, 0.05) is 32.6 Å². The minimum atomic E-state index is 0. The number of carbonyl (C=O) groups is 1. The molecular weight excluding hydrogens is 403 g/mol. The average Bonchev–Trinajstić information content (AvgIpc) is 3.21. The lowest BCUT2D eigenvalue weighted by Crippen LogP contribution is -2.43. The molecule has 1 amide bonds. The largest absolute Gasteiger partial charge is 0.356 e. The van der Waals surface area contributed by atoms with Crippen LogP contribution in [0.1, 0.15) is 64.7 Å². The van der Waals surface area contributed by atoms with Crippen LogP contribution in [0.4, 0.5) is 0 Å². The van der Waals surface area contributed by atoms with Gasteiger partial charge in [-0.15, -0.1) is 24.0 Å². The number of carbonyl (C=O) groups excluding carboxylic acids is 1. The zero-order valence-corrected chi connectivity index (χ0v) is 16.9. The molecule has 0 spiro atoms. The van der Waals surface area contributed by atoms with Crippen molar-refractivity contribution in [2.45, 2.75) is 70.8 Å². The Labute approximate surface area is 157 Å². The number of guanidine groups is 1. The van der Waals surface area contributed by atoms with E-state index in [4.69, 9.17) is 0 Å². The zero-order valence-electron chi connectivity index (χ0n) is 14.6. The molecule has 0 bridgehead atoms. The Bertz CT molecular complexity index is 390. The Balaban J connectivity index is 0.00000264. The van der Waals surface area contributed by atoms with Crippen molar-refractivity contribution < 1.29 is 4.79 Å². The number of hydrogen-bond acceptors (Lipinski definition) is 2. The molecule has 2 aliphatic carbocycles. The Kier molecular flexibility index (Phi) is 9.24. The van der Waals surface area contributed by atoms with Gasteiger partial charge in [0.15, 0.2) is 5.96 Å². The minimum absolute atomic E-state index is 0. The van der Waals surface area contributed by atoms with Gasteiger partial charge in [0.25, 0.3) is 0 Å². The van der Waals surface area contributed by atoms with E-state index in [0.29, 0.717) is 17.9 Å². The van der Waals surface area contributed by atoms with Gasteiger partial charge < -0.3 is 16.0 Å². The number of nitrogens with one attached hydrogen (secondary N) is 3. The van der Waals surface area contributed by atoms with Crippen LogP contribution in [0.3, 0.4) is 0 Å². The SMILES string of the molecule is CCC1(CNC(=NC)NCCCC(=O)NC2CC2)CCCC1.I. The van der Waals surface area contributed by atoms with Gasteiger partial charge in [-0.1, -0.05) is 19.8 Å². The van der Waals surface area contributed by atoms with Gasteiger partial charge >= 0.3 is 0 Å². The van der Waals surface area contributed by atoms with Crippen LogP contribution in [0.15, 0.2) is 4.99 Å². The number of aliphatic imine (C=N–C) groups is 1. The Morgan fingerprint density at radius 3 is 2.48 bits per heavy atom. The molecule has 0 aliphatic heterocycles. The van der Waals surface area contributed by atoms with Gasteiger partial charge in [-0.2, -0.15) is 0 Å². The molecule has 2 rings (SSSR count). The van der Waals surface area contributed by atoms with Crippen LogP contribution in [0.2, 0.25) is 0 Å². The van der Waals surface area contributed by atoms with Crippen molar-refractivity contribution in [2.24, 2.45) is 10.4 Å². The molecule has 2 saturated carbocycles. The number of rotatable bonds is 8. The standard InChI is InChI=1S/C17H32N4O.HI/c1-3-17(10-4-5-11-17)13-20-16(18-2)19-12-6-7-15(22)21-14-8-9-14;/h14H,3-13H2,1-2H3,(H,21,22)(H2,18,19,20);1H. The highest BCUT2D eigenvalue weighted by Crippen LogP contribution is 2.40. The van der Waals surface area contributed by atoms with Crippen molar-refractivity contribution in [1.29, 1.82) is 0 Å². The highest BCUT2D eigenvalue weighted by molar-refractivity contribution is 14.0. The first kappa shape index (κ1) is 20.5. The number of amides is 1. The third-order valence-electron chi connectivity index (χ3n) is 5.08. The molecule has 0 unspecified atom stereocenters. The van der Waals surface area contributed by atoms with E-state index >= 15 is 0 Å². The van der Waals surface area contributed by atoms with Crippen molar-refractivity contribution in [3.63, 3.8) is 0 Å². The molecule has 23 heavy (non-hydrogen) atoms. The van der Waals surface area contributed by atoms with Crippen molar-refractivity contribution in [1.82, 2.24) is 16.0 Å². The smallest absolute Gasteiger partial charge is 0.220 e. The molecule has 3 N–H and O–H groups in total. The third-order valence-corrected chi connectivity index (χ3v) is 5.08. The van der Waals surface area contributed by atoms with Crippen molar-refractivity contribution in [3.05, 3.63) is 0 Å². The van der Waals surface area contributed by atoms with E-state index < -0.39 is 0 Å². The number of nitrogens with zero attached hydrogens (tertiary/aromatic N) is 1. The molecule has 6 heteroatoms. The topological polar surface area (TPSA) is 65.5 Å². The molecule has 0 aromatic carbocycles. The fraction of sp³-hybridized carbons (Fsp3) is 0.882. The van der Waals surface area contributed by atoms with E-state index in [0.717, 1.165) is 38.3 Å². The molecular formula is C17H33IN4O. The summed E-state index contributed by atoms with van der Waals surface area (Å²) in [6.07, 6.45) is 10.4. The summed E-state index contributed by atoms with van der Waals surface area (Å²) in [4.78, 5) is 15.9. The van der Waals surface area contributed by atoms with Gasteiger partial charge in [0.2, 0.25) is 5.91 Å². The van der Waals surface area contributed by atoms with Crippen LogP contribution < -0.4 is 16.0 Å². The zero-order chi connectivity index (χ0) is 15.8. The van der Waals surface area contributed by atoms with Crippen LogP contribution >= 0.6 is 24.0 Å². The molecule has 0 heterocycles. The molecule has 134 valence electrons. The predicted octanol–water partition coefficient (Wildman–Crippen LogP) is 2.80. The summed E-state index contributed by atoms with van der Waals surface area (Å²) < 4.78 is 0. The highest BCUT2D eigenvalue weighted by atomic mass is 127. The van der Waals surface area contributed by atoms with Gasteiger partial charge in [-0.25, -0.2) is 0 Å². The lowest BCUT2D eigenvalue weighted by atomic mass is 9.83. The summed E-state index contributed by atoms with van der Waals surface area (Å²) in [5.41, 5.74) is 0.460. The first-order chi connectivity index (χ1) is 10.7. The lowest BCUT2D eigenvalue weighted by Gasteiger charge is -2.28. The first-order valence-corrected chi connectivity index (χ1v) is 8.91. The van der Waals surface area contributed by atoms with Gasteiger partial charge in [-0.05, 0) is 43.9 Å². The van der Waals surface area contributed by atoms with E-state index in [9.17, 15) is 4.79 Å². The second-order valence-corrected chi connectivity index (χ2v) is 6.86. The summed E-state index contributed by atoms with van der Waals surface area (Å²) in [6, 6.07) is 0.464. The molecule has 0 aromatic rings. The molecule has 0 aromatic heterocycles. The van der Waals surface area contributed by atoms with Gasteiger partial charge in [0.1, 0.15) is 0 Å². The maximum Gasteiger partial charge on any atom is 0.220 e. The van der Waals surface area contributed by atoms with Crippen molar-refractivity contribution in [3.8, 4) is 0 Å². The van der Waals surface area contributed by atoms with E-state index in [2.05, 4.69) is 27.9 Å². The van der Waals surface area contributed by atoms with E-state index in [-0.39, 0.29) is 29.9 Å². The van der Waals surface area contributed by atoms with E-state index in [1.165, 1.54) is 32.1 Å². The monoisotopic (exact) mass is 436 g/mol. The van der Waals surface area contributed by atoms with E-state index in [1.54, 1.807) is 0 Å². The van der Waals surface area contributed by atoms with Crippen molar-refractivity contribution in [2.75, 3.05) is 20.1 Å². The van der Waals surface area contributed by atoms with Gasteiger partial charge in [0.05, 0.1) is 0 Å². The Morgan fingerprint density at radius 1 is 1.22 bits per heavy atom. The van der Waals surface area contributed by atoms with Crippen LogP contribution in [0.5, 0.6) is 0 Å².